The number of hydrogen-bond donors (Lipinski definition) is 1. The number of carbonyl (C=O) groups is 1. The Hall–Kier alpha value is -1.99. The van der Waals surface area contributed by atoms with Crippen LogP contribution in [-0.4, -0.2) is 19.2 Å². The number of anilines is 1. The van der Waals surface area contributed by atoms with Crippen molar-refractivity contribution < 1.29 is 13.2 Å². The highest BCUT2D eigenvalue weighted by Gasteiger charge is 2.15. The Morgan fingerprint density at radius 2 is 2.00 bits per heavy atom. The molecule has 0 fully saturated rings. The minimum Gasteiger partial charge on any atom is -0.294 e. The summed E-state index contributed by atoms with van der Waals surface area (Å²) >= 11 is 1.20. The van der Waals surface area contributed by atoms with Gasteiger partial charge in [-0.1, -0.05) is 18.7 Å². The van der Waals surface area contributed by atoms with Gasteiger partial charge in [0, 0.05) is 18.0 Å². The highest BCUT2D eigenvalue weighted by molar-refractivity contribution is 7.93. The molecule has 5 nitrogen and oxygen atoms in total. The lowest BCUT2D eigenvalue weighted by molar-refractivity contribution is -0.114. The monoisotopic (exact) mass is 322 g/mol. The quantitative estimate of drug-likeness (QED) is 0.830. The summed E-state index contributed by atoms with van der Waals surface area (Å²) in [5.74, 6) is -0.0634. The molecule has 1 aromatic carbocycles. The number of ketones is 1. The Morgan fingerprint density at radius 1 is 1.33 bits per heavy atom. The van der Waals surface area contributed by atoms with Crippen LogP contribution >= 0.6 is 11.3 Å². The molecule has 0 amide bonds. The van der Waals surface area contributed by atoms with Crippen molar-refractivity contribution in [2.75, 3.05) is 4.72 Å². The number of hydrogen-bond acceptors (Lipinski definition) is 5. The first-order valence-corrected chi connectivity index (χ1v) is 8.45. The molecular formula is C14H14N2O3S2. The minimum atomic E-state index is -3.65. The molecule has 0 aliphatic heterocycles. The first-order valence-electron chi connectivity index (χ1n) is 6.08. The summed E-state index contributed by atoms with van der Waals surface area (Å²) < 4.78 is 26.6. The number of sulfonamides is 1. The summed E-state index contributed by atoms with van der Waals surface area (Å²) in [5.41, 5.74) is 1.23. The van der Waals surface area contributed by atoms with Crippen LogP contribution in [0.4, 0.5) is 5.13 Å². The number of aromatic nitrogens is 1. The number of carbonyl (C=O) groups excluding carboxylic acids is 1. The molecule has 2 rings (SSSR count). The summed E-state index contributed by atoms with van der Waals surface area (Å²) in [5, 5.41) is 2.00. The lowest BCUT2D eigenvalue weighted by Gasteiger charge is -2.06. The van der Waals surface area contributed by atoms with Crippen molar-refractivity contribution >= 4 is 32.3 Å². The Bertz CT molecular complexity index is 748. The van der Waals surface area contributed by atoms with Crippen LogP contribution in [0, 0.1) is 0 Å². The van der Waals surface area contributed by atoms with Gasteiger partial charge in [0.1, 0.15) is 0 Å². The van der Waals surface area contributed by atoms with E-state index in [4.69, 9.17) is 0 Å². The lowest BCUT2D eigenvalue weighted by Crippen LogP contribution is -2.13. The van der Waals surface area contributed by atoms with Gasteiger partial charge in [0.25, 0.3) is 10.0 Å². The van der Waals surface area contributed by atoms with E-state index < -0.39 is 10.0 Å². The van der Waals surface area contributed by atoms with Crippen molar-refractivity contribution in [2.45, 2.75) is 18.2 Å². The number of thiazole rings is 1. The molecule has 2 aromatic rings. The third-order valence-corrected chi connectivity index (χ3v) is 4.90. The third kappa shape index (κ3) is 3.99. The molecule has 21 heavy (non-hydrogen) atoms. The maximum Gasteiger partial charge on any atom is 0.263 e. The molecule has 0 aliphatic rings. The van der Waals surface area contributed by atoms with Crippen molar-refractivity contribution in [3.63, 3.8) is 0 Å². The summed E-state index contributed by atoms with van der Waals surface area (Å²) in [6.07, 6.45) is 1.74. The largest absolute Gasteiger partial charge is 0.294 e. The maximum absolute atomic E-state index is 12.1. The second kappa shape index (κ2) is 6.19. The Morgan fingerprint density at radius 3 is 2.52 bits per heavy atom. The highest BCUT2D eigenvalue weighted by atomic mass is 32.2. The summed E-state index contributed by atoms with van der Waals surface area (Å²) in [7, 11) is -3.65. The van der Waals surface area contributed by atoms with E-state index in [1.54, 1.807) is 24.4 Å². The molecule has 0 radical (unpaired) electrons. The van der Waals surface area contributed by atoms with Crippen LogP contribution in [0.2, 0.25) is 0 Å². The van der Waals surface area contributed by atoms with E-state index >= 15 is 0 Å². The second-order valence-corrected chi connectivity index (χ2v) is 7.04. The van der Waals surface area contributed by atoms with Gasteiger partial charge in [-0.05, 0) is 30.2 Å². The van der Waals surface area contributed by atoms with Gasteiger partial charge < -0.3 is 0 Å². The van der Waals surface area contributed by atoms with Gasteiger partial charge in [0.2, 0.25) is 0 Å². The summed E-state index contributed by atoms with van der Waals surface area (Å²) in [4.78, 5) is 15.6. The first-order chi connectivity index (χ1) is 9.88. The Balaban J connectivity index is 2.14. The molecule has 1 heterocycles. The molecule has 0 unspecified atom stereocenters. The van der Waals surface area contributed by atoms with Crippen LogP contribution in [0.1, 0.15) is 12.5 Å². The van der Waals surface area contributed by atoms with E-state index in [1.807, 2.05) is 0 Å². The molecular weight excluding hydrogens is 308 g/mol. The van der Waals surface area contributed by atoms with E-state index in [0.29, 0.717) is 10.7 Å². The first kappa shape index (κ1) is 15.4. The van der Waals surface area contributed by atoms with Crippen molar-refractivity contribution in [1.29, 1.82) is 0 Å². The van der Waals surface area contributed by atoms with Gasteiger partial charge in [-0.15, -0.1) is 11.3 Å². The highest BCUT2D eigenvalue weighted by Crippen LogP contribution is 2.18. The predicted octanol–water partition coefficient (Wildman–Crippen LogP) is 2.63. The summed E-state index contributed by atoms with van der Waals surface area (Å²) in [6.45, 7) is 5.24. The van der Waals surface area contributed by atoms with Crippen LogP contribution in [-0.2, 0) is 21.2 Å². The molecule has 0 saturated carbocycles. The van der Waals surface area contributed by atoms with Crippen molar-refractivity contribution in [2.24, 2.45) is 0 Å². The Kier molecular flexibility index (Phi) is 4.54. The fraction of sp³-hybridized carbons (Fsp3) is 0.143. The zero-order chi connectivity index (χ0) is 15.5. The average molecular weight is 322 g/mol. The standard InChI is InChI=1S/C14H14N2O3S2/c1-10(2)13(17)9-11-3-5-12(6-4-11)21(18,19)16-14-15-7-8-20-14/h3-8H,1,9H2,2H3,(H,15,16). The second-order valence-electron chi connectivity index (χ2n) is 4.47. The number of nitrogens with zero attached hydrogens (tertiary/aromatic N) is 1. The third-order valence-electron chi connectivity index (χ3n) is 2.73. The zero-order valence-electron chi connectivity index (χ0n) is 11.4. The van der Waals surface area contributed by atoms with Gasteiger partial charge in [-0.3, -0.25) is 9.52 Å². The van der Waals surface area contributed by atoms with Gasteiger partial charge >= 0.3 is 0 Å². The van der Waals surface area contributed by atoms with Crippen LogP contribution in [0.3, 0.4) is 0 Å². The van der Waals surface area contributed by atoms with Crippen molar-refractivity contribution in [1.82, 2.24) is 4.98 Å². The van der Waals surface area contributed by atoms with E-state index in [-0.39, 0.29) is 17.1 Å². The van der Waals surface area contributed by atoms with E-state index in [0.717, 1.165) is 5.56 Å². The molecule has 0 aliphatic carbocycles. The van der Waals surface area contributed by atoms with E-state index in [2.05, 4.69) is 16.3 Å². The molecule has 0 saturated heterocycles. The van der Waals surface area contributed by atoms with E-state index in [9.17, 15) is 13.2 Å². The van der Waals surface area contributed by atoms with Crippen molar-refractivity contribution in [3.8, 4) is 0 Å². The fourth-order valence-corrected chi connectivity index (χ4v) is 3.36. The number of rotatable bonds is 6. The molecule has 1 N–H and O–H groups in total. The van der Waals surface area contributed by atoms with Crippen LogP contribution in [0.25, 0.3) is 0 Å². The minimum absolute atomic E-state index is 0.0634. The number of nitrogens with one attached hydrogen (secondary N) is 1. The number of Topliss-reactive ketones (excluding diaryl/α,β-unsaturated/α-hetero) is 1. The lowest BCUT2D eigenvalue weighted by atomic mass is 10.1. The molecule has 1 aromatic heterocycles. The van der Waals surface area contributed by atoms with Crippen LogP contribution in [0.5, 0.6) is 0 Å². The molecule has 0 atom stereocenters. The molecule has 0 bridgehead atoms. The van der Waals surface area contributed by atoms with Crippen LogP contribution < -0.4 is 4.72 Å². The zero-order valence-corrected chi connectivity index (χ0v) is 13.0. The van der Waals surface area contributed by atoms with Crippen molar-refractivity contribution in [3.05, 3.63) is 53.6 Å². The van der Waals surface area contributed by atoms with Gasteiger partial charge in [-0.2, -0.15) is 0 Å². The molecule has 110 valence electrons. The SMILES string of the molecule is C=C(C)C(=O)Cc1ccc(S(=O)(=O)Nc2nccs2)cc1. The maximum atomic E-state index is 12.1. The normalized spacial score (nSPS) is 11.1. The Labute approximate surface area is 127 Å². The van der Waals surface area contributed by atoms with Gasteiger partial charge in [0.15, 0.2) is 10.9 Å². The van der Waals surface area contributed by atoms with Gasteiger partial charge in [0.05, 0.1) is 4.90 Å². The average Bonchev–Trinajstić information content (AvgIpc) is 2.91. The number of allylic oxidation sites excluding steroid dienone is 1. The predicted molar refractivity (Wildman–Crippen MR) is 82.9 cm³/mol. The van der Waals surface area contributed by atoms with Gasteiger partial charge in [-0.25, -0.2) is 13.4 Å². The van der Waals surface area contributed by atoms with Crippen LogP contribution in [0.15, 0.2) is 52.9 Å². The summed E-state index contributed by atoms with van der Waals surface area (Å²) in [6, 6.07) is 6.18. The van der Waals surface area contributed by atoms with E-state index in [1.165, 1.54) is 29.7 Å². The molecule has 0 spiro atoms. The number of benzene rings is 1. The molecule has 7 heteroatoms. The fourth-order valence-electron chi connectivity index (χ4n) is 1.57. The smallest absolute Gasteiger partial charge is 0.263 e. The topological polar surface area (TPSA) is 76.1 Å².